The number of ether oxygens (including phenoxy) is 5. The minimum absolute atomic E-state index is 0.000782. The predicted octanol–water partition coefficient (Wildman–Crippen LogP) is 3.25. The van der Waals surface area contributed by atoms with Crippen molar-refractivity contribution in [1.29, 1.82) is 0 Å². The molecule has 0 radical (unpaired) electrons. The maximum Gasteiger partial charge on any atom is 0.316 e. The quantitative estimate of drug-likeness (QED) is 0.244. The van der Waals surface area contributed by atoms with Crippen molar-refractivity contribution in [3.63, 3.8) is 0 Å². The summed E-state index contributed by atoms with van der Waals surface area (Å²) in [4.78, 5) is 39.8. The van der Waals surface area contributed by atoms with Crippen molar-refractivity contribution in [2.45, 2.75) is 89.6 Å². The fourth-order valence-corrected chi connectivity index (χ4v) is 11.0. The molecule has 236 valence electrons. The highest BCUT2D eigenvalue weighted by molar-refractivity contribution is 5.90. The van der Waals surface area contributed by atoms with Gasteiger partial charge in [-0.2, -0.15) is 0 Å². The predicted molar refractivity (Wildman–Crippen MR) is 151 cm³/mol. The van der Waals surface area contributed by atoms with Gasteiger partial charge in [-0.1, -0.05) is 69.2 Å². The van der Waals surface area contributed by atoms with Gasteiger partial charge in [0.1, 0.15) is 17.8 Å². The Morgan fingerprint density at radius 3 is 2.59 bits per heavy atom. The van der Waals surface area contributed by atoms with Gasteiger partial charge < -0.3 is 34.0 Å². The van der Waals surface area contributed by atoms with Crippen molar-refractivity contribution in [2.24, 2.45) is 45.8 Å². The minimum Gasteiger partial charge on any atom is -0.481 e. The van der Waals surface area contributed by atoms with Gasteiger partial charge in [-0.15, -0.1) is 0 Å². The molecular formula is C34H40O10. The zero-order chi connectivity index (χ0) is 30.8. The van der Waals surface area contributed by atoms with Crippen LogP contribution in [0.25, 0.3) is 0 Å². The molecule has 10 heteroatoms. The molecule has 4 aliphatic heterocycles. The number of carbonyl (C=O) groups is 3. The molecule has 4 heterocycles. The summed E-state index contributed by atoms with van der Waals surface area (Å²) < 4.78 is 30.4. The van der Waals surface area contributed by atoms with E-state index in [-0.39, 0.29) is 36.7 Å². The molecule has 44 heavy (non-hydrogen) atoms. The van der Waals surface area contributed by atoms with E-state index in [9.17, 15) is 24.6 Å². The highest BCUT2D eigenvalue weighted by atomic mass is 17.0. The third-order valence-electron chi connectivity index (χ3n) is 12.6. The van der Waals surface area contributed by atoms with Crippen LogP contribution in [0.1, 0.15) is 52.0 Å². The number of carbonyl (C=O) groups excluding carboxylic acids is 2. The molecule has 4 aliphatic carbocycles. The molecule has 0 amide bonds. The second-order valence-corrected chi connectivity index (χ2v) is 14.6. The molecule has 1 aromatic carbocycles. The molecule has 4 saturated heterocycles. The molecule has 13 unspecified atom stereocenters. The molecule has 10 nitrogen and oxygen atoms in total. The summed E-state index contributed by atoms with van der Waals surface area (Å²) in [6.07, 6.45) is 1.06. The lowest BCUT2D eigenvalue weighted by atomic mass is 9.43. The molecule has 2 N–H and O–H groups in total. The third-order valence-corrected chi connectivity index (χ3v) is 12.6. The van der Waals surface area contributed by atoms with Crippen LogP contribution in [-0.2, 0) is 44.5 Å². The number of hydrogen-bond donors (Lipinski definition) is 2. The van der Waals surface area contributed by atoms with Gasteiger partial charge in [-0.3, -0.25) is 14.3 Å². The number of fused-ring (bicyclic) bond motifs is 2. The van der Waals surface area contributed by atoms with Crippen molar-refractivity contribution >= 4 is 18.2 Å². The number of carboxylic acids is 1. The molecule has 1 aromatic rings. The molecule has 3 saturated carbocycles. The first-order valence-corrected chi connectivity index (χ1v) is 16.0. The van der Waals surface area contributed by atoms with Crippen molar-refractivity contribution < 1.29 is 48.3 Å². The average Bonchev–Trinajstić information content (AvgIpc) is 3.72. The van der Waals surface area contributed by atoms with Gasteiger partial charge in [0, 0.05) is 5.41 Å². The summed E-state index contributed by atoms with van der Waals surface area (Å²) in [7, 11) is 0. The van der Waals surface area contributed by atoms with Crippen molar-refractivity contribution in [1.82, 2.24) is 0 Å². The van der Waals surface area contributed by atoms with Crippen LogP contribution < -0.4 is 0 Å². The van der Waals surface area contributed by atoms with Crippen molar-refractivity contribution in [2.75, 3.05) is 6.61 Å². The van der Waals surface area contributed by atoms with E-state index < -0.39 is 64.9 Å². The van der Waals surface area contributed by atoms with Crippen LogP contribution in [0.15, 0.2) is 42.0 Å². The Morgan fingerprint density at radius 2 is 1.89 bits per heavy atom. The highest BCUT2D eigenvalue weighted by Crippen LogP contribution is 2.82. The summed E-state index contributed by atoms with van der Waals surface area (Å²) in [5, 5.41) is 22.7. The van der Waals surface area contributed by atoms with Crippen molar-refractivity contribution in [3.05, 3.63) is 47.5 Å². The normalized spacial score (nSPS) is 48.9. The zero-order valence-corrected chi connectivity index (χ0v) is 25.2. The van der Waals surface area contributed by atoms with Gasteiger partial charge in [-0.25, -0.2) is 0 Å². The Balaban J connectivity index is 1.09. The van der Waals surface area contributed by atoms with E-state index in [1.807, 2.05) is 44.2 Å². The number of hydrogen-bond acceptors (Lipinski definition) is 9. The summed E-state index contributed by atoms with van der Waals surface area (Å²) in [6.45, 7) is 6.13. The van der Waals surface area contributed by atoms with E-state index in [1.165, 1.54) is 0 Å². The Hall–Kier alpha value is -2.63. The van der Waals surface area contributed by atoms with E-state index in [2.05, 4.69) is 13.0 Å². The van der Waals surface area contributed by atoms with Gasteiger partial charge >= 0.3 is 17.9 Å². The fraction of sp³-hybridized carbons (Fsp3) is 0.676. The number of esters is 1. The van der Waals surface area contributed by atoms with E-state index in [4.69, 9.17) is 23.7 Å². The van der Waals surface area contributed by atoms with Crippen LogP contribution in [0.3, 0.4) is 0 Å². The third kappa shape index (κ3) is 3.31. The lowest BCUT2D eigenvalue weighted by Gasteiger charge is -2.58. The summed E-state index contributed by atoms with van der Waals surface area (Å²) >= 11 is 0. The number of aliphatic hydroxyl groups is 1. The molecule has 9 rings (SSSR count). The Bertz CT molecular complexity index is 1430. The van der Waals surface area contributed by atoms with Gasteiger partial charge in [0.25, 0.3) is 0 Å². The second kappa shape index (κ2) is 9.45. The standard InChI is InChI=1S/C34H40O10/c1-17(2)23-12-20-13-31(15-35)22-10-9-18(3)21(22)14-32(20,33(23,31)30(38)39)16-40-34-28(37)26-25(27(43-34)29(42-26)44-34)41-24(36)11-19-7-5-4-6-8-19/h4-8,12,15,17-18,20-22,25-29,37H,9-11,13-14,16H2,1-3H3,(H,38,39). The Morgan fingerprint density at radius 1 is 1.11 bits per heavy atom. The van der Waals surface area contributed by atoms with Gasteiger partial charge in [0.15, 0.2) is 24.6 Å². The topological polar surface area (TPSA) is 138 Å². The summed E-state index contributed by atoms with van der Waals surface area (Å²) in [6, 6.07) is 9.22. The van der Waals surface area contributed by atoms with Crippen molar-refractivity contribution in [3.8, 4) is 0 Å². The summed E-state index contributed by atoms with van der Waals surface area (Å²) in [5.74, 6) is -3.03. The first-order chi connectivity index (χ1) is 21.0. The SMILES string of the molecule is CC(C)C1=CC2CC3(C=O)C4CCC(C)C4CC2(COC24OC5OC(C(OC(=O)Cc6ccccc6)C5O2)C4O)C13C(=O)O. The Labute approximate surface area is 256 Å². The number of carboxylic acid groups (broad SMARTS) is 1. The van der Waals surface area contributed by atoms with Gasteiger partial charge in [0.05, 0.1) is 18.4 Å². The Kier molecular flexibility index (Phi) is 6.19. The molecule has 13 atom stereocenters. The molecule has 8 aliphatic rings. The fourth-order valence-electron chi connectivity index (χ4n) is 11.0. The van der Waals surface area contributed by atoms with Gasteiger partial charge in [-0.05, 0) is 54.4 Å². The van der Waals surface area contributed by atoms with Crippen LogP contribution in [0, 0.1) is 45.8 Å². The smallest absolute Gasteiger partial charge is 0.316 e. The first kappa shape index (κ1) is 28.8. The zero-order valence-electron chi connectivity index (χ0n) is 25.2. The number of allylic oxidation sites excluding steroid dienone is 1. The number of aldehydes is 1. The molecule has 8 bridgehead atoms. The maximum absolute atomic E-state index is 13.7. The minimum atomic E-state index is -1.89. The van der Waals surface area contributed by atoms with Crippen LogP contribution in [0.2, 0.25) is 0 Å². The van der Waals surface area contributed by atoms with E-state index in [1.54, 1.807) is 0 Å². The second-order valence-electron chi connectivity index (χ2n) is 14.6. The monoisotopic (exact) mass is 608 g/mol. The molecule has 7 fully saturated rings. The number of rotatable bonds is 9. The number of aliphatic carboxylic acids is 1. The highest BCUT2D eigenvalue weighted by Gasteiger charge is 2.85. The van der Waals surface area contributed by atoms with E-state index in [0.29, 0.717) is 18.8 Å². The first-order valence-electron chi connectivity index (χ1n) is 16.0. The number of aliphatic hydroxyl groups excluding tert-OH is 1. The van der Waals surface area contributed by atoms with Crippen LogP contribution in [0.4, 0.5) is 0 Å². The lowest BCUT2D eigenvalue weighted by Crippen LogP contribution is -2.66. The molecular weight excluding hydrogens is 568 g/mol. The van der Waals surface area contributed by atoms with Gasteiger partial charge in [0.2, 0.25) is 0 Å². The maximum atomic E-state index is 13.7. The van der Waals surface area contributed by atoms with Crippen LogP contribution >= 0.6 is 0 Å². The average molecular weight is 609 g/mol. The largest absolute Gasteiger partial charge is 0.481 e. The number of benzene rings is 1. The van der Waals surface area contributed by atoms with Crippen LogP contribution in [0.5, 0.6) is 0 Å². The lowest BCUT2D eigenvalue weighted by molar-refractivity contribution is -0.447. The van der Waals surface area contributed by atoms with Crippen LogP contribution in [-0.4, -0.2) is 71.7 Å². The molecule has 0 aromatic heterocycles. The van der Waals surface area contributed by atoms with E-state index in [0.717, 1.165) is 30.3 Å². The molecule has 0 spiro atoms. The van der Waals surface area contributed by atoms with E-state index >= 15 is 0 Å². The summed E-state index contributed by atoms with van der Waals surface area (Å²) in [5.41, 5.74) is -1.76.